The van der Waals surface area contributed by atoms with Crippen LogP contribution in [-0.4, -0.2) is 67.0 Å². The van der Waals surface area contributed by atoms with Crippen LogP contribution in [0, 0.1) is 0 Å². The van der Waals surface area contributed by atoms with Gasteiger partial charge in [-0.25, -0.2) is 0 Å². The molecule has 0 saturated carbocycles. The number of carbonyl (C=O) groups excluding carboxylic acids is 2. The summed E-state index contributed by atoms with van der Waals surface area (Å²) < 4.78 is 5.43. The van der Waals surface area contributed by atoms with Gasteiger partial charge in [-0.1, -0.05) is 0 Å². The number of morpholine rings is 1. The van der Waals surface area contributed by atoms with Crippen LogP contribution in [0.5, 0.6) is 0 Å². The average Bonchev–Trinajstić information content (AvgIpc) is 2.76. The topological polar surface area (TPSA) is 75.9 Å². The van der Waals surface area contributed by atoms with E-state index in [1.165, 1.54) is 4.90 Å². The van der Waals surface area contributed by atoms with Gasteiger partial charge in [0.25, 0.3) is 0 Å². The second-order valence-electron chi connectivity index (χ2n) is 4.51. The third-order valence-electron chi connectivity index (χ3n) is 3.22. The predicted molar refractivity (Wildman–Crippen MR) is 61.2 cm³/mol. The van der Waals surface area contributed by atoms with Crippen molar-refractivity contribution in [3.8, 4) is 0 Å². The Bertz CT molecular complexity index is 308. The van der Waals surface area contributed by atoms with Crippen LogP contribution in [0.25, 0.3) is 0 Å². The first-order chi connectivity index (χ1) is 8.20. The number of nitrogens with zero attached hydrogens (tertiary/aromatic N) is 2. The molecule has 0 radical (unpaired) electrons. The van der Waals surface area contributed by atoms with Crippen LogP contribution in [0.4, 0.5) is 0 Å². The Morgan fingerprint density at radius 2 is 2.29 bits per heavy atom. The summed E-state index contributed by atoms with van der Waals surface area (Å²) in [7, 11) is 0. The molecular formula is C11H19N3O3. The van der Waals surface area contributed by atoms with Gasteiger partial charge in [0, 0.05) is 32.6 Å². The smallest absolute Gasteiger partial charge is 0.243 e. The number of carbonyl (C=O) groups is 2. The van der Waals surface area contributed by atoms with E-state index in [1.807, 2.05) is 4.90 Å². The number of imide groups is 1. The lowest BCUT2D eigenvalue weighted by Gasteiger charge is -2.32. The summed E-state index contributed by atoms with van der Waals surface area (Å²) in [5.74, 6) is -0.135. The van der Waals surface area contributed by atoms with Crippen LogP contribution in [-0.2, 0) is 14.3 Å². The molecule has 0 aromatic rings. The van der Waals surface area contributed by atoms with Crippen LogP contribution in [0.3, 0.4) is 0 Å². The van der Waals surface area contributed by atoms with Crippen molar-refractivity contribution in [2.45, 2.75) is 18.9 Å². The zero-order valence-electron chi connectivity index (χ0n) is 9.93. The predicted octanol–water partition coefficient (Wildman–Crippen LogP) is -1.21. The Hall–Kier alpha value is -0.980. The summed E-state index contributed by atoms with van der Waals surface area (Å²) in [4.78, 5) is 26.7. The van der Waals surface area contributed by atoms with Crippen molar-refractivity contribution in [1.82, 2.24) is 9.80 Å². The third kappa shape index (κ3) is 3.02. The minimum absolute atomic E-state index is 0.00540. The number of hydrogen-bond acceptors (Lipinski definition) is 5. The Kier molecular flexibility index (Phi) is 4.09. The molecule has 96 valence electrons. The van der Waals surface area contributed by atoms with Gasteiger partial charge in [-0.15, -0.1) is 0 Å². The molecule has 2 N–H and O–H groups in total. The normalized spacial score (nSPS) is 26.5. The van der Waals surface area contributed by atoms with Gasteiger partial charge in [0.1, 0.15) is 0 Å². The second-order valence-corrected chi connectivity index (χ2v) is 4.51. The standard InChI is InChI=1S/C11H19N3O3/c12-6-9-7-13(4-5-17-9)8-11(16)14-3-1-2-10(14)15/h9H,1-8,12H2. The quantitative estimate of drug-likeness (QED) is 0.671. The van der Waals surface area contributed by atoms with Crippen molar-refractivity contribution in [3.63, 3.8) is 0 Å². The van der Waals surface area contributed by atoms with Gasteiger partial charge in [0.05, 0.1) is 19.3 Å². The number of rotatable bonds is 3. The largest absolute Gasteiger partial charge is 0.374 e. The molecule has 0 bridgehead atoms. The Labute approximate surface area is 101 Å². The first-order valence-corrected chi connectivity index (χ1v) is 6.08. The molecular weight excluding hydrogens is 222 g/mol. The Balaban J connectivity index is 1.83. The molecule has 2 saturated heterocycles. The summed E-state index contributed by atoms with van der Waals surface area (Å²) in [5.41, 5.74) is 5.54. The van der Waals surface area contributed by atoms with Crippen LogP contribution in [0.2, 0.25) is 0 Å². The molecule has 0 aliphatic carbocycles. The van der Waals surface area contributed by atoms with Crippen molar-refractivity contribution in [1.29, 1.82) is 0 Å². The molecule has 0 aromatic heterocycles. The van der Waals surface area contributed by atoms with Gasteiger partial charge in [-0.3, -0.25) is 19.4 Å². The molecule has 2 aliphatic rings. The first kappa shape index (κ1) is 12.5. The number of amides is 2. The molecule has 6 nitrogen and oxygen atoms in total. The summed E-state index contributed by atoms with van der Waals surface area (Å²) in [6.07, 6.45) is 1.30. The molecule has 2 heterocycles. The van der Waals surface area contributed by atoms with Gasteiger partial charge in [0.15, 0.2) is 0 Å². The maximum absolute atomic E-state index is 11.9. The highest BCUT2D eigenvalue weighted by Crippen LogP contribution is 2.11. The minimum Gasteiger partial charge on any atom is -0.374 e. The lowest BCUT2D eigenvalue weighted by atomic mass is 10.2. The zero-order valence-corrected chi connectivity index (χ0v) is 9.93. The molecule has 2 amide bonds. The highest BCUT2D eigenvalue weighted by atomic mass is 16.5. The third-order valence-corrected chi connectivity index (χ3v) is 3.22. The number of ether oxygens (including phenoxy) is 1. The van der Waals surface area contributed by atoms with Crippen LogP contribution < -0.4 is 5.73 Å². The van der Waals surface area contributed by atoms with Gasteiger partial charge in [-0.05, 0) is 6.42 Å². The zero-order chi connectivity index (χ0) is 12.3. The molecule has 2 rings (SSSR count). The fourth-order valence-corrected chi connectivity index (χ4v) is 2.26. The first-order valence-electron chi connectivity index (χ1n) is 6.08. The monoisotopic (exact) mass is 241 g/mol. The second kappa shape index (κ2) is 5.57. The highest BCUT2D eigenvalue weighted by Gasteiger charge is 2.29. The van der Waals surface area contributed by atoms with Crippen molar-refractivity contribution < 1.29 is 14.3 Å². The van der Waals surface area contributed by atoms with Crippen LogP contribution in [0.15, 0.2) is 0 Å². The van der Waals surface area contributed by atoms with Gasteiger partial charge >= 0.3 is 0 Å². The fraction of sp³-hybridized carbons (Fsp3) is 0.818. The fourth-order valence-electron chi connectivity index (χ4n) is 2.26. The van der Waals surface area contributed by atoms with Crippen molar-refractivity contribution in [3.05, 3.63) is 0 Å². The van der Waals surface area contributed by atoms with Gasteiger partial charge in [-0.2, -0.15) is 0 Å². The molecule has 1 unspecified atom stereocenters. The SMILES string of the molecule is NCC1CN(CC(=O)N2CCCC2=O)CCO1. The summed E-state index contributed by atoms with van der Waals surface area (Å²) >= 11 is 0. The van der Waals surface area contributed by atoms with E-state index < -0.39 is 0 Å². The van der Waals surface area contributed by atoms with E-state index in [9.17, 15) is 9.59 Å². The summed E-state index contributed by atoms with van der Waals surface area (Å²) in [6.45, 7) is 3.33. The Morgan fingerprint density at radius 3 is 2.94 bits per heavy atom. The summed E-state index contributed by atoms with van der Waals surface area (Å²) in [6, 6.07) is 0. The van der Waals surface area contributed by atoms with Crippen molar-refractivity contribution in [2.24, 2.45) is 5.73 Å². The van der Waals surface area contributed by atoms with Crippen molar-refractivity contribution >= 4 is 11.8 Å². The van der Waals surface area contributed by atoms with Gasteiger partial charge in [0.2, 0.25) is 11.8 Å². The summed E-state index contributed by atoms with van der Waals surface area (Å²) in [5, 5.41) is 0. The lowest BCUT2D eigenvalue weighted by molar-refractivity contribution is -0.143. The van der Waals surface area contributed by atoms with E-state index in [-0.39, 0.29) is 17.9 Å². The van der Waals surface area contributed by atoms with E-state index in [4.69, 9.17) is 10.5 Å². The lowest BCUT2D eigenvalue weighted by Crippen LogP contribution is -2.49. The molecule has 0 spiro atoms. The molecule has 2 fully saturated rings. The average molecular weight is 241 g/mol. The molecule has 1 atom stereocenters. The molecule has 0 aromatic carbocycles. The van der Waals surface area contributed by atoms with Crippen LogP contribution in [0.1, 0.15) is 12.8 Å². The van der Waals surface area contributed by atoms with E-state index in [2.05, 4.69) is 0 Å². The molecule has 2 aliphatic heterocycles. The number of nitrogens with two attached hydrogens (primary N) is 1. The van der Waals surface area contributed by atoms with E-state index in [1.54, 1.807) is 0 Å². The maximum Gasteiger partial charge on any atom is 0.243 e. The highest BCUT2D eigenvalue weighted by molar-refractivity contribution is 5.97. The van der Waals surface area contributed by atoms with E-state index >= 15 is 0 Å². The molecule has 6 heteroatoms. The number of likely N-dealkylation sites (tertiary alicyclic amines) is 1. The van der Waals surface area contributed by atoms with Crippen molar-refractivity contribution in [2.75, 3.05) is 39.3 Å². The van der Waals surface area contributed by atoms with E-state index in [0.29, 0.717) is 39.2 Å². The Morgan fingerprint density at radius 1 is 1.47 bits per heavy atom. The van der Waals surface area contributed by atoms with Crippen LogP contribution >= 0.6 is 0 Å². The number of hydrogen-bond donors (Lipinski definition) is 1. The maximum atomic E-state index is 11.9. The minimum atomic E-state index is -0.0924. The molecule has 17 heavy (non-hydrogen) atoms. The van der Waals surface area contributed by atoms with Gasteiger partial charge < -0.3 is 10.5 Å². The van der Waals surface area contributed by atoms with E-state index in [0.717, 1.165) is 13.0 Å².